The average molecular weight is 346 g/mol. The van der Waals surface area contributed by atoms with Crippen LogP contribution < -0.4 is 16.1 Å². The largest absolute Gasteiger partial charge is 0.332 e. The number of hydrogen-bond donors (Lipinski definition) is 0. The van der Waals surface area contributed by atoms with E-state index < -0.39 is 0 Å². The molecule has 124 valence electrons. The molecule has 0 N–H and O–H groups in total. The van der Waals surface area contributed by atoms with Crippen molar-refractivity contribution in [3.8, 4) is 0 Å². The van der Waals surface area contributed by atoms with Gasteiger partial charge in [0.25, 0.3) is 5.56 Å². The first kappa shape index (κ1) is 15.0. The van der Waals surface area contributed by atoms with Gasteiger partial charge in [-0.1, -0.05) is 17.7 Å². The van der Waals surface area contributed by atoms with Crippen LogP contribution in [-0.4, -0.2) is 25.2 Å². The number of halogens is 1. The predicted octanol–water partition coefficient (Wildman–Crippen LogP) is 1.55. The number of anilines is 2. The molecule has 1 aliphatic heterocycles. The van der Waals surface area contributed by atoms with E-state index in [1.165, 1.54) is 11.6 Å². The summed E-state index contributed by atoms with van der Waals surface area (Å²) < 4.78 is 4.40. The van der Waals surface area contributed by atoms with E-state index in [0.717, 1.165) is 15.8 Å². The van der Waals surface area contributed by atoms with E-state index in [-0.39, 0.29) is 11.2 Å². The zero-order valence-electron chi connectivity index (χ0n) is 13.6. The molecule has 0 saturated heterocycles. The molecule has 0 saturated carbocycles. The van der Waals surface area contributed by atoms with Gasteiger partial charge in [0.05, 0.1) is 0 Å². The lowest BCUT2D eigenvalue weighted by Crippen LogP contribution is -2.37. The zero-order chi connectivity index (χ0) is 17.2. The van der Waals surface area contributed by atoms with Gasteiger partial charge in [0.2, 0.25) is 5.95 Å². The van der Waals surface area contributed by atoms with Crippen molar-refractivity contribution in [3.63, 3.8) is 0 Å². The maximum atomic E-state index is 12.5. The van der Waals surface area contributed by atoms with Crippen LogP contribution in [0.15, 0.2) is 27.8 Å². The molecular formula is C16H16ClN5O2. The highest BCUT2D eigenvalue weighted by molar-refractivity contribution is 6.30. The fourth-order valence-electron chi connectivity index (χ4n) is 3.25. The van der Waals surface area contributed by atoms with Crippen LogP contribution in [0.4, 0.5) is 11.6 Å². The van der Waals surface area contributed by atoms with Crippen LogP contribution >= 0.6 is 11.6 Å². The molecule has 0 bridgehead atoms. The number of fused-ring (bicyclic) bond motifs is 3. The summed E-state index contributed by atoms with van der Waals surface area (Å²) >= 11 is 6.14. The Kier molecular flexibility index (Phi) is 3.11. The van der Waals surface area contributed by atoms with Gasteiger partial charge in [-0.25, -0.2) is 4.79 Å². The number of imidazole rings is 1. The second kappa shape index (κ2) is 4.98. The molecular weight excluding hydrogens is 330 g/mol. The number of aromatic nitrogens is 4. The van der Waals surface area contributed by atoms with Crippen LogP contribution in [0.5, 0.6) is 0 Å². The number of benzene rings is 1. The predicted molar refractivity (Wildman–Crippen MR) is 93.4 cm³/mol. The molecule has 1 aliphatic rings. The third kappa shape index (κ3) is 1.88. The summed E-state index contributed by atoms with van der Waals surface area (Å²) in [5.74, 6) is 0.661. The second-order valence-electron chi connectivity index (χ2n) is 6.02. The van der Waals surface area contributed by atoms with Crippen LogP contribution in [0.25, 0.3) is 11.2 Å². The number of rotatable bonds is 1. The summed E-state index contributed by atoms with van der Waals surface area (Å²) in [6, 6.07) is 5.69. The third-order valence-electron chi connectivity index (χ3n) is 4.58. The van der Waals surface area contributed by atoms with E-state index in [1.54, 1.807) is 7.05 Å². The van der Waals surface area contributed by atoms with Crippen molar-refractivity contribution < 1.29 is 0 Å². The smallest absolute Gasteiger partial charge is 0.310 e. The van der Waals surface area contributed by atoms with Crippen LogP contribution in [0.2, 0.25) is 5.02 Å². The standard InChI is InChI=1S/C16H16ClN5O2/c1-9-4-5-10(17)8-11(9)21-6-7-22-12-13(18-15(21)22)19(2)16(24)20(3)14(12)23/h4-5,8H,6-7H2,1-3H3. The minimum Gasteiger partial charge on any atom is -0.310 e. The molecule has 0 atom stereocenters. The first-order chi connectivity index (χ1) is 11.4. The second-order valence-corrected chi connectivity index (χ2v) is 6.46. The van der Waals surface area contributed by atoms with Gasteiger partial charge in [-0.3, -0.25) is 13.9 Å². The minimum atomic E-state index is -0.380. The van der Waals surface area contributed by atoms with E-state index >= 15 is 0 Å². The van der Waals surface area contributed by atoms with E-state index in [2.05, 4.69) is 4.98 Å². The van der Waals surface area contributed by atoms with Crippen LogP contribution in [0.3, 0.4) is 0 Å². The Balaban J connectivity index is 2.02. The molecule has 7 nitrogen and oxygen atoms in total. The zero-order valence-corrected chi connectivity index (χ0v) is 14.3. The number of hydrogen-bond acceptors (Lipinski definition) is 4. The lowest BCUT2D eigenvalue weighted by Gasteiger charge is -2.18. The third-order valence-corrected chi connectivity index (χ3v) is 4.81. The maximum Gasteiger partial charge on any atom is 0.332 e. The van der Waals surface area contributed by atoms with Gasteiger partial charge in [0.1, 0.15) is 0 Å². The van der Waals surface area contributed by atoms with Crippen molar-refractivity contribution in [2.24, 2.45) is 14.1 Å². The minimum absolute atomic E-state index is 0.323. The summed E-state index contributed by atoms with van der Waals surface area (Å²) in [6.45, 7) is 3.34. The Bertz CT molecular complexity index is 1110. The summed E-state index contributed by atoms with van der Waals surface area (Å²) in [5.41, 5.74) is 2.19. The fourth-order valence-corrected chi connectivity index (χ4v) is 3.42. The van der Waals surface area contributed by atoms with E-state index in [9.17, 15) is 9.59 Å². The van der Waals surface area contributed by atoms with Crippen LogP contribution in [0.1, 0.15) is 5.56 Å². The molecule has 24 heavy (non-hydrogen) atoms. The molecule has 0 aliphatic carbocycles. The molecule has 0 radical (unpaired) electrons. The lowest BCUT2D eigenvalue weighted by atomic mass is 10.2. The van der Waals surface area contributed by atoms with Gasteiger partial charge in [0, 0.05) is 37.9 Å². The molecule has 0 amide bonds. The maximum absolute atomic E-state index is 12.5. The van der Waals surface area contributed by atoms with Crippen molar-refractivity contribution >= 4 is 34.4 Å². The van der Waals surface area contributed by atoms with Crippen LogP contribution in [-0.2, 0) is 20.6 Å². The highest BCUT2D eigenvalue weighted by Crippen LogP contribution is 2.34. The molecule has 2 aromatic heterocycles. The Hall–Kier alpha value is -2.54. The van der Waals surface area contributed by atoms with Gasteiger partial charge < -0.3 is 9.47 Å². The fraction of sp³-hybridized carbons (Fsp3) is 0.312. The molecule has 8 heteroatoms. The topological polar surface area (TPSA) is 65.1 Å². The number of nitrogens with zero attached hydrogens (tertiary/aromatic N) is 5. The van der Waals surface area contributed by atoms with Gasteiger partial charge in [0.15, 0.2) is 11.2 Å². The van der Waals surface area contributed by atoms with E-state index in [4.69, 9.17) is 11.6 Å². The summed E-state index contributed by atoms with van der Waals surface area (Å²) in [7, 11) is 3.11. The first-order valence-electron chi connectivity index (χ1n) is 7.60. The monoisotopic (exact) mass is 345 g/mol. The summed E-state index contributed by atoms with van der Waals surface area (Å²) in [4.78, 5) is 31.3. The Morgan fingerprint density at radius 1 is 1.12 bits per heavy atom. The molecule has 0 unspecified atom stereocenters. The first-order valence-corrected chi connectivity index (χ1v) is 7.98. The molecule has 0 fully saturated rings. The molecule has 0 spiro atoms. The Labute approximate surface area is 142 Å². The van der Waals surface area contributed by atoms with E-state index in [0.29, 0.717) is 35.2 Å². The lowest BCUT2D eigenvalue weighted by molar-refractivity contribution is 0.700. The molecule has 3 heterocycles. The molecule has 1 aromatic carbocycles. The van der Waals surface area contributed by atoms with Gasteiger partial charge >= 0.3 is 5.69 Å². The highest BCUT2D eigenvalue weighted by atomic mass is 35.5. The number of aryl methyl sites for hydroxylation is 2. The van der Waals surface area contributed by atoms with E-state index in [1.807, 2.05) is 34.6 Å². The molecule has 4 rings (SSSR count). The summed E-state index contributed by atoms with van der Waals surface area (Å²) in [6.07, 6.45) is 0. The van der Waals surface area contributed by atoms with Crippen molar-refractivity contribution in [3.05, 3.63) is 49.6 Å². The van der Waals surface area contributed by atoms with Crippen molar-refractivity contribution in [2.45, 2.75) is 13.5 Å². The van der Waals surface area contributed by atoms with Crippen molar-refractivity contribution in [1.82, 2.24) is 18.7 Å². The highest BCUT2D eigenvalue weighted by Gasteiger charge is 2.29. The Morgan fingerprint density at radius 2 is 1.88 bits per heavy atom. The average Bonchev–Trinajstić information content (AvgIpc) is 3.12. The van der Waals surface area contributed by atoms with Crippen LogP contribution in [0, 0.1) is 6.92 Å². The Morgan fingerprint density at radius 3 is 2.62 bits per heavy atom. The van der Waals surface area contributed by atoms with Crippen molar-refractivity contribution in [1.29, 1.82) is 0 Å². The summed E-state index contributed by atoms with van der Waals surface area (Å²) in [5, 5.41) is 0.647. The quantitative estimate of drug-likeness (QED) is 0.671. The van der Waals surface area contributed by atoms with Gasteiger partial charge in [-0.2, -0.15) is 4.98 Å². The van der Waals surface area contributed by atoms with Gasteiger partial charge in [-0.05, 0) is 24.6 Å². The normalized spacial score (nSPS) is 13.8. The van der Waals surface area contributed by atoms with Crippen molar-refractivity contribution in [2.75, 3.05) is 11.4 Å². The molecule has 3 aromatic rings. The van der Waals surface area contributed by atoms with Gasteiger partial charge in [-0.15, -0.1) is 0 Å². The SMILES string of the molecule is Cc1ccc(Cl)cc1N1CCn2c1nc1c2c(=O)n(C)c(=O)n1C.